The number of anilines is 1. The standard InChI is InChI=1S/C9H9ClN4/c10-8-3-7(1-2-9(8)11)4-14-6-12-5-13-14/h1-3,5-6H,4,11H2. The highest BCUT2D eigenvalue weighted by Gasteiger charge is 1.99. The van der Waals surface area contributed by atoms with Crippen LogP contribution < -0.4 is 5.73 Å². The Bertz CT molecular complexity index is 424. The average Bonchev–Trinajstić information content (AvgIpc) is 2.64. The van der Waals surface area contributed by atoms with Crippen molar-refractivity contribution < 1.29 is 0 Å². The zero-order valence-corrected chi connectivity index (χ0v) is 8.15. The van der Waals surface area contributed by atoms with E-state index in [9.17, 15) is 0 Å². The van der Waals surface area contributed by atoms with E-state index in [1.54, 1.807) is 17.1 Å². The lowest BCUT2D eigenvalue weighted by Gasteiger charge is -2.03. The first-order valence-electron chi connectivity index (χ1n) is 4.12. The Morgan fingerprint density at radius 1 is 1.43 bits per heavy atom. The van der Waals surface area contributed by atoms with Crippen LogP contribution in [0, 0.1) is 0 Å². The highest BCUT2D eigenvalue weighted by atomic mass is 35.5. The molecule has 1 heterocycles. The lowest BCUT2D eigenvalue weighted by atomic mass is 10.2. The summed E-state index contributed by atoms with van der Waals surface area (Å²) in [5.41, 5.74) is 7.24. The highest BCUT2D eigenvalue weighted by Crippen LogP contribution is 2.19. The number of hydrogen-bond acceptors (Lipinski definition) is 3. The predicted molar refractivity (Wildman–Crippen MR) is 55.0 cm³/mol. The average molecular weight is 209 g/mol. The third-order valence-corrected chi connectivity index (χ3v) is 2.20. The Labute approximate surface area is 86.3 Å². The third-order valence-electron chi connectivity index (χ3n) is 1.88. The van der Waals surface area contributed by atoms with E-state index in [0.717, 1.165) is 5.56 Å². The second kappa shape index (κ2) is 3.67. The molecular weight excluding hydrogens is 200 g/mol. The van der Waals surface area contributed by atoms with Crippen LogP contribution in [0.3, 0.4) is 0 Å². The molecule has 2 N–H and O–H groups in total. The molecule has 0 aliphatic heterocycles. The lowest BCUT2D eigenvalue weighted by molar-refractivity contribution is 0.685. The van der Waals surface area contributed by atoms with Crippen LogP contribution >= 0.6 is 11.6 Å². The van der Waals surface area contributed by atoms with Crippen molar-refractivity contribution in [2.75, 3.05) is 5.73 Å². The lowest BCUT2D eigenvalue weighted by Crippen LogP contribution is -2.00. The van der Waals surface area contributed by atoms with Gasteiger partial charge in [0.1, 0.15) is 12.7 Å². The van der Waals surface area contributed by atoms with E-state index in [2.05, 4.69) is 10.1 Å². The summed E-state index contributed by atoms with van der Waals surface area (Å²) in [7, 11) is 0. The fourth-order valence-corrected chi connectivity index (χ4v) is 1.37. The first-order chi connectivity index (χ1) is 6.75. The molecule has 0 saturated heterocycles. The van der Waals surface area contributed by atoms with Crippen LogP contribution in [0.15, 0.2) is 30.9 Å². The summed E-state index contributed by atoms with van der Waals surface area (Å²) in [6.07, 6.45) is 3.16. The number of benzene rings is 1. The van der Waals surface area contributed by atoms with Crippen LogP contribution in [0.25, 0.3) is 0 Å². The zero-order chi connectivity index (χ0) is 9.97. The van der Waals surface area contributed by atoms with Gasteiger partial charge < -0.3 is 5.73 Å². The van der Waals surface area contributed by atoms with Crippen molar-refractivity contribution in [3.05, 3.63) is 41.4 Å². The van der Waals surface area contributed by atoms with Gasteiger partial charge in [0.2, 0.25) is 0 Å². The zero-order valence-electron chi connectivity index (χ0n) is 7.39. The van der Waals surface area contributed by atoms with Gasteiger partial charge in [0.05, 0.1) is 17.3 Å². The van der Waals surface area contributed by atoms with E-state index in [1.165, 1.54) is 6.33 Å². The molecule has 2 rings (SSSR count). The molecule has 4 nitrogen and oxygen atoms in total. The molecule has 0 fully saturated rings. The van der Waals surface area contributed by atoms with Crippen LogP contribution in [-0.2, 0) is 6.54 Å². The Hall–Kier alpha value is -1.55. The molecule has 0 radical (unpaired) electrons. The summed E-state index contributed by atoms with van der Waals surface area (Å²) in [4.78, 5) is 3.85. The molecule has 0 spiro atoms. The largest absolute Gasteiger partial charge is 0.398 e. The van der Waals surface area contributed by atoms with Crippen LogP contribution in [-0.4, -0.2) is 14.8 Å². The minimum atomic E-state index is 0.572. The fourth-order valence-electron chi connectivity index (χ4n) is 1.17. The molecule has 0 amide bonds. The maximum atomic E-state index is 5.88. The van der Waals surface area contributed by atoms with E-state index in [1.807, 2.05) is 12.1 Å². The van der Waals surface area contributed by atoms with E-state index in [-0.39, 0.29) is 0 Å². The minimum Gasteiger partial charge on any atom is -0.398 e. The van der Waals surface area contributed by atoms with Crippen molar-refractivity contribution in [2.24, 2.45) is 0 Å². The number of nitrogens with zero attached hydrogens (tertiary/aromatic N) is 3. The van der Waals surface area contributed by atoms with Crippen LogP contribution in [0.2, 0.25) is 5.02 Å². The van der Waals surface area contributed by atoms with Gasteiger partial charge in [0.15, 0.2) is 0 Å². The number of halogens is 1. The van der Waals surface area contributed by atoms with Gasteiger partial charge in [-0.1, -0.05) is 17.7 Å². The molecule has 14 heavy (non-hydrogen) atoms. The van der Waals surface area contributed by atoms with Gasteiger partial charge in [-0.15, -0.1) is 0 Å². The van der Waals surface area contributed by atoms with Crippen molar-refractivity contribution in [3.63, 3.8) is 0 Å². The molecule has 0 bridgehead atoms. The van der Waals surface area contributed by atoms with Crippen LogP contribution in [0.1, 0.15) is 5.56 Å². The predicted octanol–water partition coefficient (Wildman–Crippen LogP) is 1.56. The van der Waals surface area contributed by atoms with Crippen molar-refractivity contribution in [3.8, 4) is 0 Å². The number of nitrogen functional groups attached to an aromatic ring is 1. The van der Waals surface area contributed by atoms with Gasteiger partial charge in [0.25, 0.3) is 0 Å². The summed E-state index contributed by atoms with van der Waals surface area (Å²) >= 11 is 5.88. The van der Waals surface area contributed by atoms with Gasteiger partial charge in [-0.2, -0.15) is 5.10 Å². The number of hydrogen-bond donors (Lipinski definition) is 1. The molecular formula is C9H9ClN4. The molecule has 5 heteroatoms. The third kappa shape index (κ3) is 1.85. The second-order valence-corrected chi connectivity index (χ2v) is 3.36. The highest BCUT2D eigenvalue weighted by molar-refractivity contribution is 6.33. The molecule has 1 aromatic carbocycles. The maximum absolute atomic E-state index is 5.88. The van der Waals surface area contributed by atoms with Gasteiger partial charge in [0, 0.05) is 0 Å². The van der Waals surface area contributed by atoms with Gasteiger partial charge in [-0.3, -0.25) is 0 Å². The first-order valence-corrected chi connectivity index (χ1v) is 4.50. The number of rotatable bonds is 2. The van der Waals surface area contributed by atoms with Crippen molar-refractivity contribution in [1.29, 1.82) is 0 Å². The summed E-state index contributed by atoms with van der Waals surface area (Å²) in [6, 6.07) is 5.54. The molecule has 0 saturated carbocycles. The Morgan fingerprint density at radius 3 is 2.93 bits per heavy atom. The molecule has 0 aliphatic carbocycles. The topological polar surface area (TPSA) is 56.7 Å². The van der Waals surface area contributed by atoms with Gasteiger partial charge in [-0.05, 0) is 17.7 Å². The minimum absolute atomic E-state index is 0.572. The van der Waals surface area contributed by atoms with Crippen molar-refractivity contribution >= 4 is 17.3 Å². The molecule has 0 aliphatic rings. The quantitative estimate of drug-likeness (QED) is 0.763. The van der Waals surface area contributed by atoms with Crippen molar-refractivity contribution in [1.82, 2.24) is 14.8 Å². The molecule has 72 valence electrons. The van der Waals surface area contributed by atoms with E-state index < -0.39 is 0 Å². The Kier molecular flexibility index (Phi) is 2.37. The molecule has 2 aromatic rings. The first kappa shape index (κ1) is 9.02. The summed E-state index contributed by atoms with van der Waals surface area (Å²) in [6.45, 7) is 0.653. The fraction of sp³-hybridized carbons (Fsp3) is 0.111. The summed E-state index contributed by atoms with van der Waals surface area (Å²) in [5, 5.41) is 4.57. The number of aromatic nitrogens is 3. The number of nitrogens with two attached hydrogens (primary N) is 1. The van der Waals surface area contributed by atoms with Gasteiger partial charge in [-0.25, -0.2) is 9.67 Å². The second-order valence-electron chi connectivity index (χ2n) is 2.95. The van der Waals surface area contributed by atoms with E-state index in [4.69, 9.17) is 17.3 Å². The smallest absolute Gasteiger partial charge is 0.137 e. The SMILES string of the molecule is Nc1ccc(Cn2cncn2)cc1Cl. The van der Waals surface area contributed by atoms with Crippen LogP contribution in [0.5, 0.6) is 0 Å². The van der Waals surface area contributed by atoms with Crippen molar-refractivity contribution in [2.45, 2.75) is 6.54 Å². The van der Waals surface area contributed by atoms with E-state index >= 15 is 0 Å². The summed E-state index contributed by atoms with van der Waals surface area (Å²) in [5.74, 6) is 0. The Morgan fingerprint density at radius 2 is 2.29 bits per heavy atom. The Balaban J connectivity index is 2.22. The van der Waals surface area contributed by atoms with Gasteiger partial charge >= 0.3 is 0 Å². The molecule has 1 aromatic heterocycles. The molecule has 0 atom stereocenters. The van der Waals surface area contributed by atoms with Crippen LogP contribution in [0.4, 0.5) is 5.69 Å². The maximum Gasteiger partial charge on any atom is 0.137 e. The normalized spacial score (nSPS) is 10.4. The van der Waals surface area contributed by atoms with E-state index in [0.29, 0.717) is 17.3 Å². The summed E-state index contributed by atoms with van der Waals surface area (Å²) < 4.78 is 1.72. The monoisotopic (exact) mass is 208 g/mol. The molecule has 0 unspecified atom stereocenters.